The standard InChI is InChI=1S/C13H22N4S/c1-4-12-9-17(5-6-18-12)13-15-8-11(7-14-3)10(2)16-13/h8,12,14H,4-7,9H2,1-3H3. The van der Waals surface area contributed by atoms with Crippen molar-refractivity contribution in [3.05, 3.63) is 17.5 Å². The van der Waals surface area contributed by atoms with Gasteiger partial charge < -0.3 is 10.2 Å². The van der Waals surface area contributed by atoms with Gasteiger partial charge in [-0.2, -0.15) is 11.8 Å². The Balaban J connectivity index is 2.10. The molecule has 0 aliphatic carbocycles. The molecule has 1 aromatic rings. The molecule has 100 valence electrons. The average Bonchev–Trinajstić information content (AvgIpc) is 2.41. The number of anilines is 1. The number of aromatic nitrogens is 2. The number of rotatable bonds is 4. The first-order chi connectivity index (χ1) is 8.74. The van der Waals surface area contributed by atoms with Gasteiger partial charge in [-0.3, -0.25) is 0 Å². The van der Waals surface area contributed by atoms with E-state index in [1.807, 2.05) is 13.2 Å². The van der Waals surface area contributed by atoms with Gasteiger partial charge in [-0.15, -0.1) is 0 Å². The van der Waals surface area contributed by atoms with Gasteiger partial charge in [-0.25, -0.2) is 9.97 Å². The maximum Gasteiger partial charge on any atom is 0.225 e. The Morgan fingerprint density at radius 1 is 1.56 bits per heavy atom. The summed E-state index contributed by atoms with van der Waals surface area (Å²) in [7, 11) is 1.95. The van der Waals surface area contributed by atoms with Gasteiger partial charge in [-0.1, -0.05) is 6.92 Å². The zero-order valence-corrected chi connectivity index (χ0v) is 12.3. The predicted molar refractivity (Wildman–Crippen MR) is 78.3 cm³/mol. The summed E-state index contributed by atoms with van der Waals surface area (Å²) in [5, 5.41) is 3.86. The summed E-state index contributed by atoms with van der Waals surface area (Å²) in [5.41, 5.74) is 2.26. The first-order valence-electron chi connectivity index (χ1n) is 6.58. The molecule has 1 N–H and O–H groups in total. The molecule has 5 heteroatoms. The molecule has 0 bridgehead atoms. The third-order valence-corrected chi connectivity index (χ3v) is 4.68. The maximum absolute atomic E-state index is 4.65. The predicted octanol–water partition coefficient (Wildman–Crippen LogP) is 1.84. The molecule has 0 amide bonds. The van der Waals surface area contributed by atoms with Gasteiger partial charge in [0.15, 0.2) is 0 Å². The first-order valence-corrected chi connectivity index (χ1v) is 7.63. The molecule has 1 fully saturated rings. The largest absolute Gasteiger partial charge is 0.339 e. The molecule has 1 aliphatic heterocycles. The van der Waals surface area contributed by atoms with E-state index in [9.17, 15) is 0 Å². The summed E-state index contributed by atoms with van der Waals surface area (Å²) < 4.78 is 0. The second kappa shape index (κ2) is 6.38. The van der Waals surface area contributed by atoms with Gasteiger partial charge >= 0.3 is 0 Å². The summed E-state index contributed by atoms with van der Waals surface area (Å²) >= 11 is 2.07. The molecular weight excluding hydrogens is 244 g/mol. The van der Waals surface area contributed by atoms with Gasteiger partial charge in [0.1, 0.15) is 0 Å². The highest BCUT2D eigenvalue weighted by Gasteiger charge is 2.21. The molecule has 2 heterocycles. The Bertz CT molecular complexity index is 397. The average molecular weight is 266 g/mol. The fraction of sp³-hybridized carbons (Fsp3) is 0.692. The molecule has 1 aromatic heterocycles. The van der Waals surface area contributed by atoms with Crippen molar-refractivity contribution in [1.29, 1.82) is 0 Å². The van der Waals surface area contributed by atoms with E-state index < -0.39 is 0 Å². The minimum atomic E-state index is 0.722. The Hall–Kier alpha value is -0.810. The van der Waals surface area contributed by atoms with Crippen LogP contribution in [0.15, 0.2) is 6.20 Å². The molecule has 0 spiro atoms. The van der Waals surface area contributed by atoms with Crippen LogP contribution in [-0.2, 0) is 6.54 Å². The lowest BCUT2D eigenvalue weighted by atomic mass is 10.2. The van der Waals surface area contributed by atoms with Crippen LogP contribution in [0.5, 0.6) is 0 Å². The molecule has 18 heavy (non-hydrogen) atoms. The van der Waals surface area contributed by atoms with Gasteiger partial charge in [0, 0.05) is 48.1 Å². The van der Waals surface area contributed by atoms with Crippen LogP contribution in [-0.4, -0.2) is 41.1 Å². The van der Waals surface area contributed by atoms with Crippen LogP contribution in [0.1, 0.15) is 24.6 Å². The van der Waals surface area contributed by atoms with Gasteiger partial charge in [0.2, 0.25) is 5.95 Å². The summed E-state index contributed by atoms with van der Waals surface area (Å²) in [5.74, 6) is 2.07. The van der Waals surface area contributed by atoms with Gasteiger partial charge in [-0.05, 0) is 20.4 Å². The van der Waals surface area contributed by atoms with Crippen molar-refractivity contribution in [1.82, 2.24) is 15.3 Å². The minimum Gasteiger partial charge on any atom is -0.339 e. The van der Waals surface area contributed by atoms with E-state index >= 15 is 0 Å². The SMILES string of the molecule is CCC1CN(c2ncc(CNC)c(C)n2)CCS1. The number of aryl methyl sites for hydroxylation is 1. The summed E-state index contributed by atoms with van der Waals surface area (Å²) in [6.07, 6.45) is 3.18. The van der Waals surface area contributed by atoms with Crippen LogP contribution in [0.25, 0.3) is 0 Å². The Labute approximate surface area is 114 Å². The number of hydrogen-bond acceptors (Lipinski definition) is 5. The summed E-state index contributed by atoms with van der Waals surface area (Å²) in [4.78, 5) is 11.5. The van der Waals surface area contributed by atoms with Crippen LogP contribution in [0.2, 0.25) is 0 Å². The van der Waals surface area contributed by atoms with E-state index in [-0.39, 0.29) is 0 Å². The molecule has 1 atom stereocenters. The maximum atomic E-state index is 4.65. The highest BCUT2D eigenvalue weighted by Crippen LogP contribution is 2.23. The minimum absolute atomic E-state index is 0.722. The normalized spacial score (nSPS) is 20.2. The van der Waals surface area contributed by atoms with E-state index in [1.165, 1.54) is 17.7 Å². The number of hydrogen-bond donors (Lipinski definition) is 1. The van der Waals surface area contributed by atoms with Crippen molar-refractivity contribution in [2.24, 2.45) is 0 Å². The highest BCUT2D eigenvalue weighted by atomic mass is 32.2. The fourth-order valence-electron chi connectivity index (χ4n) is 2.14. The first kappa shape index (κ1) is 13.6. The lowest BCUT2D eigenvalue weighted by Gasteiger charge is -2.32. The highest BCUT2D eigenvalue weighted by molar-refractivity contribution is 8.00. The number of nitrogens with one attached hydrogen (secondary N) is 1. The number of nitrogens with zero attached hydrogens (tertiary/aromatic N) is 3. The van der Waals surface area contributed by atoms with E-state index in [0.29, 0.717) is 0 Å². The Kier molecular flexibility index (Phi) is 4.83. The number of thioether (sulfide) groups is 1. The van der Waals surface area contributed by atoms with Crippen LogP contribution in [0, 0.1) is 6.92 Å². The molecule has 4 nitrogen and oxygen atoms in total. The van der Waals surface area contributed by atoms with Crippen LogP contribution in [0.3, 0.4) is 0 Å². The van der Waals surface area contributed by atoms with Crippen molar-refractivity contribution in [2.75, 3.05) is 30.8 Å². The molecular formula is C13H22N4S. The van der Waals surface area contributed by atoms with Crippen molar-refractivity contribution in [3.63, 3.8) is 0 Å². The Morgan fingerprint density at radius 3 is 3.06 bits per heavy atom. The second-order valence-corrected chi connectivity index (χ2v) is 6.07. The third-order valence-electron chi connectivity index (χ3n) is 3.31. The quantitative estimate of drug-likeness (QED) is 0.900. The monoisotopic (exact) mass is 266 g/mol. The third kappa shape index (κ3) is 3.14. The summed E-state index contributed by atoms with van der Waals surface area (Å²) in [6, 6.07) is 0. The molecule has 0 saturated carbocycles. The molecule has 1 aliphatic rings. The molecule has 0 radical (unpaired) electrons. The molecule has 1 unspecified atom stereocenters. The van der Waals surface area contributed by atoms with E-state index in [4.69, 9.17) is 0 Å². The topological polar surface area (TPSA) is 41.1 Å². The molecule has 2 rings (SSSR count). The summed E-state index contributed by atoms with van der Waals surface area (Å²) in [6.45, 7) is 7.29. The second-order valence-electron chi connectivity index (χ2n) is 4.66. The smallest absolute Gasteiger partial charge is 0.225 e. The van der Waals surface area contributed by atoms with E-state index in [1.54, 1.807) is 0 Å². The van der Waals surface area contributed by atoms with E-state index in [0.717, 1.165) is 36.5 Å². The zero-order valence-electron chi connectivity index (χ0n) is 11.4. The lowest BCUT2D eigenvalue weighted by Crippen LogP contribution is -2.38. The van der Waals surface area contributed by atoms with Crippen LogP contribution < -0.4 is 10.2 Å². The van der Waals surface area contributed by atoms with Crippen LogP contribution in [0.4, 0.5) is 5.95 Å². The molecule has 0 aromatic carbocycles. The van der Waals surface area contributed by atoms with Crippen molar-refractivity contribution in [3.8, 4) is 0 Å². The lowest BCUT2D eigenvalue weighted by molar-refractivity contribution is 0.704. The van der Waals surface area contributed by atoms with Crippen LogP contribution >= 0.6 is 11.8 Å². The molecule has 1 saturated heterocycles. The van der Waals surface area contributed by atoms with Crippen molar-refractivity contribution >= 4 is 17.7 Å². The zero-order chi connectivity index (χ0) is 13.0. The fourth-order valence-corrected chi connectivity index (χ4v) is 3.32. The van der Waals surface area contributed by atoms with Crippen molar-refractivity contribution < 1.29 is 0 Å². The van der Waals surface area contributed by atoms with Gasteiger partial charge in [0.05, 0.1) is 0 Å². The van der Waals surface area contributed by atoms with Gasteiger partial charge in [0.25, 0.3) is 0 Å². The van der Waals surface area contributed by atoms with E-state index in [2.05, 4.69) is 45.8 Å². The van der Waals surface area contributed by atoms with Crippen molar-refractivity contribution in [2.45, 2.75) is 32.1 Å². The Morgan fingerprint density at radius 2 is 2.39 bits per heavy atom.